The summed E-state index contributed by atoms with van der Waals surface area (Å²) >= 11 is 0. The largest absolute Gasteiger partial charge is 0.359 e. The number of benzene rings is 3. The highest BCUT2D eigenvalue weighted by Gasteiger charge is 2.33. The number of rotatable bonds is 4. The van der Waals surface area contributed by atoms with Crippen molar-refractivity contribution in [2.45, 2.75) is 24.3 Å². The molecule has 0 aliphatic carbocycles. The average Bonchev–Trinajstić information content (AvgIpc) is 3.13. The molecule has 0 N–H and O–H groups in total. The van der Waals surface area contributed by atoms with Gasteiger partial charge >= 0.3 is 0 Å². The fraction of sp³-hybridized carbons (Fsp3) is 0.320. The van der Waals surface area contributed by atoms with Gasteiger partial charge < -0.3 is 9.80 Å². The Morgan fingerprint density at radius 1 is 0.906 bits per heavy atom. The van der Waals surface area contributed by atoms with E-state index >= 15 is 0 Å². The molecule has 1 atom stereocenters. The first kappa shape index (κ1) is 21.0. The molecule has 7 heteroatoms. The predicted molar refractivity (Wildman–Crippen MR) is 126 cm³/mol. The van der Waals surface area contributed by atoms with Crippen molar-refractivity contribution in [2.75, 3.05) is 37.6 Å². The van der Waals surface area contributed by atoms with Gasteiger partial charge in [-0.05, 0) is 47.9 Å². The Balaban J connectivity index is 1.25. The summed E-state index contributed by atoms with van der Waals surface area (Å²) in [6.07, 6.45) is 0.946. The van der Waals surface area contributed by atoms with Crippen LogP contribution in [-0.2, 0) is 21.2 Å². The molecule has 0 spiro atoms. The van der Waals surface area contributed by atoms with Crippen molar-refractivity contribution in [3.63, 3.8) is 0 Å². The highest BCUT2D eigenvalue weighted by atomic mass is 32.2. The van der Waals surface area contributed by atoms with Gasteiger partial charge in [0, 0.05) is 37.9 Å². The minimum absolute atomic E-state index is 0.0521. The number of anilines is 1. The van der Waals surface area contributed by atoms with Crippen molar-refractivity contribution in [3.05, 3.63) is 72.3 Å². The van der Waals surface area contributed by atoms with Crippen LogP contribution in [0.2, 0.25) is 0 Å². The molecular weight excluding hydrogens is 422 g/mol. The first-order valence-electron chi connectivity index (χ1n) is 11.0. The van der Waals surface area contributed by atoms with E-state index in [0.29, 0.717) is 37.6 Å². The second kappa shape index (κ2) is 8.22. The SMILES string of the molecule is CC1Cc2ccccc2N1CC(=O)N1CCN(S(=O)(=O)c2ccc3ccccc3c2)CC1. The van der Waals surface area contributed by atoms with Crippen LogP contribution >= 0.6 is 0 Å². The topological polar surface area (TPSA) is 60.9 Å². The van der Waals surface area contributed by atoms with Crippen LogP contribution in [-0.4, -0.2) is 62.3 Å². The van der Waals surface area contributed by atoms with Gasteiger partial charge in [-0.3, -0.25) is 4.79 Å². The molecule has 2 aliphatic heterocycles. The van der Waals surface area contributed by atoms with Gasteiger partial charge in [-0.15, -0.1) is 0 Å². The highest BCUT2D eigenvalue weighted by molar-refractivity contribution is 7.89. The normalized spacial score (nSPS) is 19.3. The average molecular weight is 450 g/mol. The predicted octanol–water partition coefficient (Wildman–Crippen LogP) is 3.12. The van der Waals surface area contributed by atoms with Crippen LogP contribution in [0.3, 0.4) is 0 Å². The summed E-state index contributed by atoms with van der Waals surface area (Å²) in [6, 6.07) is 21.5. The Kier molecular flexibility index (Phi) is 5.39. The molecule has 3 aromatic rings. The lowest BCUT2D eigenvalue weighted by Crippen LogP contribution is -2.53. The number of carbonyl (C=O) groups is 1. The van der Waals surface area contributed by atoms with Crippen LogP contribution in [0.4, 0.5) is 5.69 Å². The maximum absolute atomic E-state index is 13.2. The number of para-hydroxylation sites is 1. The Morgan fingerprint density at radius 2 is 1.59 bits per heavy atom. The van der Waals surface area contributed by atoms with Gasteiger partial charge in [-0.25, -0.2) is 8.42 Å². The molecule has 0 saturated carbocycles. The molecule has 1 unspecified atom stereocenters. The summed E-state index contributed by atoms with van der Waals surface area (Å²) < 4.78 is 27.9. The number of hydrogen-bond donors (Lipinski definition) is 0. The van der Waals surface area contributed by atoms with E-state index in [1.165, 1.54) is 9.87 Å². The third kappa shape index (κ3) is 3.76. The molecule has 1 saturated heterocycles. The lowest BCUT2D eigenvalue weighted by Gasteiger charge is -2.35. The van der Waals surface area contributed by atoms with E-state index in [0.717, 1.165) is 22.9 Å². The van der Waals surface area contributed by atoms with E-state index in [-0.39, 0.29) is 11.9 Å². The summed E-state index contributed by atoms with van der Waals surface area (Å²) in [4.78, 5) is 17.3. The maximum Gasteiger partial charge on any atom is 0.243 e. The molecule has 2 aliphatic rings. The Labute approximate surface area is 189 Å². The molecule has 32 heavy (non-hydrogen) atoms. The summed E-state index contributed by atoms with van der Waals surface area (Å²) in [5, 5.41) is 1.92. The molecule has 6 nitrogen and oxygen atoms in total. The van der Waals surface area contributed by atoms with Crippen molar-refractivity contribution >= 4 is 32.4 Å². The van der Waals surface area contributed by atoms with Crippen molar-refractivity contribution in [3.8, 4) is 0 Å². The van der Waals surface area contributed by atoms with Crippen LogP contribution in [0.1, 0.15) is 12.5 Å². The van der Waals surface area contributed by atoms with Gasteiger partial charge in [0.25, 0.3) is 0 Å². The van der Waals surface area contributed by atoms with E-state index in [1.54, 1.807) is 17.0 Å². The molecule has 5 rings (SSSR count). The lowest BCUT2D eigenvalue weighted by molar-refractivity contribution is -0.130. The van der Waals surface area contributed by atoms with Gasteiger partial charge in [0.2, 0.25) is 15.9 Å². The number of sulfonamides is 1. The van der Waals surface area contributed by atoms with E-state index in [9.17, 15) is 13.2 Å². The number of amides is 1. The number of nitrogens with zero attached hydrogens (tertiary/aromatic N) is 3. The Hall–Kier alpha value is -2.90. The minimum atomic E-state index is -3.59. The van der Waals surface area contributed by atoms with Gasteiger partial charge in [-0.1, -0.05) is 48.5 Å². The Bertz CT molecular complexity index is 1270. The third-order valence-electron chi connectivity index (χ3n) is 6.60. The van der Waals surface area contributed by atoms with Gasteiger partial charge in [0.05, 0.1) is 11.4 Å². The van der Waals surface area contributed by atoms with Crippen molar-refractivity contribution in [1.82, 2.24) is 9.21 Å². The van der Waals surface area contributed by atoms with Gasteiger partial charge in [0.1, 0.15) is 0 Å². The summed E-state index contributed by atoms with van der Waals surface area (Å²) in [6.45, 7) is 3.92. The van der Waals surface area contributed by atoms with Crippen molar-refractivity contribution < 1.29 is 13.2 Å². The van der Waals surface area contributed by atoms with Gasteiger partial charge in [-0.2, -0.15) is 4.31 Å². The standard InChI is InChI=1S/C25H27N3O3S/c1-19-16-22-8-4-5-9-24(22)28(19)18-25(29)26-12-14-27(15-13-26)32(30,31)23-11-10-20-6-2-3-7-21(20)17-23/h2-11,17,19H,12-16,18H2,1H3. The summed E-state index contributed by atoms with van der Waals surface area (Å²) in [5.74, 6) is 0.0521. The van der Waals surface area contributed by atoms with Crippen molar-refractivity contribution in [1.29, 1.82) is 0 Å². The van der Waals surface area contributed by atoms with Gasteiger partial charge in [0.15, 0.2) is 0 Å². The minimum Gasteiger partial charge on any atom is -0.359 e. The molecule has 1 fully saturated rings. The smallest absolute Gasteiger partial charge is 0.243 e. The zero-order valence-electron chi connectivity index (χ0n) is 18.1. The Morgan fingerprint density at radius 3 is 2.38 bits per heavy atom. The molecule has 0 bridgehead atoms. The first-order valence-corrected chi connectivity index (χ1v) is 12.5. The molecule has 3 aromatic carbocycles. The molecule has 0 radical (unpaired) electrons. The quantitative estimate of drug-likeness (QED) is 0.614. The van der Waals surface area contributed by atoms with Crippen LogP contribution in [0.25, 0.3) is 10.8 Å². The number of fused-ring (bicyclic) bond motifs is 2. The number of piperazine rings is 1. The zero-order chi connectivity index (χ0) is 22.3. The van der Waals surface area contributed by atoms with E-state index in [4.69, 9.17) is 0 Å². The van der Waals surface area contributed by atoms with Crippen molar-refractivity contribution in [2.24, 2.45) is 0 Å². The molecule has 0 aromatic heterocycles. The molecule has 2 heterocycles. The molecular formula is C25H27N3O3S. The maximum atomic E-state index is 13.2. The van der Waals surface area contributed by atoms with Crippen LogP contribution in [0.5, 0.6) is 0 Å². The third-order valence-corrected chi connectivity index (χ3v) is 8.50. The van der Waals surface area contributed by atoms with E-state index in [2.05, 4.69) is 24.0 Å². The fourth-order valence-corrected chi connectivity index (χ4v) is 6.23. The number of hydrogen-bond acceptors (Lipinski definition) is 4. The van der Waals surface area contributed by atoms with Crippen LogP contribution in [0, 0.1) is 0 Å². The monoisotopic (exact) mass is 449 g/mol. The lowest BCUT2D eigenvalue weighted by atomic mass is 10.1. The van der Waals surface area contributed by atoms with Crippen LogP contribution in [0.15, 0.2) is 71.6 Å². The van der Waals surface area contributed by atoms with E-state index < -0.39 is 10.0 Å². The van der Waals surface area contributed by atoms with E-state index in [1.807, 2.05) is 42.5 Å². The fourth-order valence-electron chi connectivity index (χ4n) is 4.77. The highest BCUT2D eigenvalue weighted by Crippen LogP contribution is 2.31. The number of carbonyl (C=O) groups excluding carboxylic acids is 1. The molecule has 166 valence electrons. The first-order chi connectivity index (χ1) is 15.4. The summed E-state index contributed by atoms with van der Waals surface area (Å²) in [7, 11) is -3.59. The van der Waals surface area contributed by atoms with Crippen LogP contribution < -0.4 is 4.90 Å². The second-order valence-electron chi connectivity index (χ2n) is 8.60. The zero-order valence-corrected chi connectivity index (χ0v) is 19.0. The summed E-state index contributed by atoms with van der Waals surface area (Å²) in [5.41, 5.74) is 2.41. The second-order valence-corrected chi connectivity index (χ2v) is 10.5. The molecule has 1 amide bonds.